The Balaban J connectivity index is 2.74. The molecule has 2 rings (SSSR count). The molecule has 0 saturated heterocycles. The van der Waals surface area contributed by atoms with Gasteiger partial charge in [-0.3, -0.25) is 9.89 Å². The maximum absolute atomic E-state index is 13.6. The van der Waals surface area contributed by atoms with E-state index in [0.29, 0.717) is 16.8 Å². The van der Waals surface area contributed by atoms with Crippen molar-refractivity contribution in [2.45, 2.75) is 15.0 Å². The van der Waals surface area contributed by atoms with Crippen LogP contribution in [0, 0.1) is 0 Å². The second kappa shape index (κ2) is 7.75. The van der Waals surface area contributed by atoms with E-state index in [-0.39, 0.29) is 11.8 Å². The molecule has 27 heavy (non-hydrogen) atoms. The summed E-state index contributed by atoms with van der Waals surface area (Å²) < 4.78 is 54.1. The molecule has 2 aromatic rings. The summed E-state index contributed by atoms with van der Waals surface area (Å²) in [6.07, 6.45) is -4.74. The number of carbonyl (C=O) groups is 1. The summed E-state index contributed by atoms with van der Waals surface area (Å²) in [7, 11) is 0.981. The third kappa shape index (κ3) is 4.86. The zero-order valence-electron chi connectivity index (χ0n) is 12.8. The Kier molecular flexibility index (Phi) is 6.38. The molecule has 0 bridgehead atoms. The van der Waals surface area contributed by atoms with Gasteiger partial charge >= 0.3 is 16.1 Å². The SMILES string of the molecule is COC(=O)c1[nH]n(-c2c(Cl)cc(C(F)(F)F)cc2Cl)c(=O)c1SC(F)(Cl)Cl. The molecule has 14 heteroatoms. The van der Waals surface area contributed by atoms with Crippen molar-refractivity contribution in [1.29, 1.82) is 0 Å². The molecule has 1 N–H and O–H groups in total. The first-order valence-electron chi connectivity index (χ1n) is 6.52. The van der Waals surface area contributed by atoms with E-state index < -0.39 is 53.5 Å². The summed E-state index contributed by atoms with van der Waals surface area (Å²) in [5.41, 5.74) is -3.20. The van der Waals surface area contributed by atoms with Crippen molar-refractivity contribution in [1.82, 2.24) is 9.78 Å². The molecule has 0 aliphatic carbocycles. The van der Waals surface area contributed by atoms with E-state index >= 15 is 0 Å². The van der Waals surface area contributed by atoms with Crippen molar-refractivity contribution in [3.8, 4) is 5.69 Å². The quantitative estimate of drug-likeness (QED) is 0.270. The van der Waals surface area contributed by atoms with Crippen molar-refractivity contribution in [3.63, 3.8) is 0 Å². The van der Waals surface area contributed by atoms with Gasteiger partial charge in [0.25, 0.3) is 5.56 Å². The number of benzene rings is 1. The van der Waals surface area contributed by atoms with Crippen LogP contribution in [0.4, 0.5) is 17.6 Å². The zero-order valence-corrected chi connectivity index (χ0v) is 16.6. The molecule has 5 nitrogen and oxygen atoms in total. The summed E-state index contributed by atoms with van der Waals surface area (Å²) >= 11 is 22.1. The standard InChI is InChI=1S/C13H6Cl4F4N2O3S/c1-26-11(25)7-9(27-13(16,17)21)10(24)23(22-7)8-5(14)2-4(3-6(8)15)12(18,19)20/h2-3,22H,1H3. The minimum Gasteiger partial charge on any atom is -0.464 e. The van der Waals surface area contributed by atoms with E-state index in [1.807, 2.05) is 0 Å². The van der Waals surface area contributed by atoms with Crippen LogP contribution in [-0.4, -0.2) is 26.8 Å². The maximum atomic E-state index is 13.6. The molecular weight excluding hydrogens is 482 g/mol. The molecule has 0 fully saturated rings. The summed E-state index contributed by atoms with van der Waals surface area (Å²) in [6.45, 7) is 0. The molecule has 0 radical (unpaired) electrons. The van der Waals surface area contributed by atoms with Gasteiger partial charge in [0, 0.05) is 0 Å². The fourth-order valence-corrected chi connectivity index (χ4v) is 3.73. The van der Waals surface area contributed by atoms with E-state index in [2.05, 4.69) is 9.84 Å². The fraction of sp³-hybridized carbons (Fsp3) is 0.231. The van der Waals surface area contributed by atoms with Gasteiger partial charge in [-0.05, 0) is 23.9 Å². The number of hydrogen-bond acceptors (Lipinski definition) is 4. The van der Waals surface area contributed by atoms with E-state index in [1.165, 1.54) is 0 Å². The normalized spacial score (nSPS) is 12.3. The molecule has 0 spiro atoms. The van der Waals surface area contributed by atoms with E-state index in [0.717, 1.165) is 7.11 Å². The number of hydrogen-bond donors (Lipinski definition) is 1. The minimum atomic E-state index is -4.74. The van der Waals surface area contributed by atoms with Crippen LogP contribution in [0.1, 0.15) is 16.1 Å². The molecule has 0 aliphatic heterocycles. The number of carbonyl (C=O) groups excluding carboxylic acids is 1. The lowest BCUT2D eigenvalue weighted by Gasteiger charge is -2.12. The van der Waals surface area contributed by atoms with Gasteiger partial charge in [-0.1, -0.05) is 46.4 Å². The Morgan fingerprint density at radius 1 is 1.19 bits per heavy atom. The summed E-state index contributed by atoms with van der Waals surface area (Å²) in [4.78, 5) is 23.8. The lowest BCUT2D eigenvalue weighted by Crippen LogP contribution is -2.18. The van der Waals surface area contributed by atoms with Crippen molar-refractivity contribution in [3.05, 3.63) is 43.8 Å². The maximum Gasteiger partial charge on any atom is 0.416 e. The van der Waals surface area contributed by atoms with Crippen LogP contribution in [0.25, 0.3) is 5.69 Å². The predicted molar refractivity (Wildman–Crippen MR) is 94.2 cm³/mol. The molecular formula is C13H6Cl4F4N2O3S. The van der Waals surface area contributed by atoms with Crippen LogP contribution in [-0.2, 0) is 10.9 Å². The second-order valence-corrected chi connectivity index (χ2v) is 8.45. The number of methoxy groups -OCH3 is 1. The van der Waals surface area contributed by atoms with Crippen molar-refractivity contribution in [2.75, 3.05) is 7.11 Å². The molecule has 1 heterocycles. The first-order valence-corrected chi connectivity index (χ1v) is 8.84. The Morgan fingerprint density at radius 2 is 1.70 bits per heavy atom. The number of nitrogens with one attached hydrogen (secondary N) is 1. The minimum absolute atomic E-state index is 0.0351. The first kappa shape index (κ1) is 22.2. The average Bonchev–Trinajstić information content (AvgIpc) is 2.81. The molecule has 0 saturated carbocycles. The molecule has 0 atom stereocenters. The highest BCUT2D eigenvalue weighted by molar-refractivity contribution is 8.03. The smallest absolute Gasteiger partial charge is 0.416 e. The molecule has 1 aromatic carbocycles. The third-order valence-electron chi connectivity index (χ3n) is 3.02. The number of aromatic amines is 1. The van der Waals surface area contributed by atoms with Crippen molar-refractivity contribution >= 4 is 64.1 Å². The van der Waals surface area contributed by atoms with Gasteiger partial charge in [0.1, 0.15) is 10.6 Å². The highest BCUT2D eigenvalue weighted by Gasteiger charge is 2.35. The van der Waals surface area contributed by atoms with Crippen molar-refractivity contribution in [2.24, 2.45) is 0 Å². The highest BCUT2D eigenvalue weighted by Crippen LogP contribution is 2.42. The van der Waals surface area contributed by atoms with Crippen LogP contribution >= 0.6 is 58.2 Å². The fourth-order valence-electron chi connectivity index (χ4n) is 1.97. The number of rotatable bonds is 4. The monoisotopic (exact) mass is 486 g/mol. The number of aromatic nitrogens is 2. The van der Waals surface area contributed by atoms with Gasteiger partial charge in [-0.25, -0.2) is 9.48 Å². The van der Waals surface area contributed by atoms with E-state index in [9.17, 15) is 27.2 Å². The van der Waals surface area contributed by atoms with Gasteiger partial charge in [-0.15, -0.1) is 0 Å². The van der Waals surface area contributed by atoms with Crippen molar-refractivity contribution < 1.29 is 27.1 Å². The Bertz CT molecular complexity index is 929. The van der Waals surface area contributed by atoms with Crippen LogP contribution in [0.5, 0.6) is 0 Å². The molecule has 0 aliphatic rings. The lowest BCUT2D eigenvalue weighted by molar-refractivity contribution is -0.137. The van der Waals surface area contributed by atoms with Crippen LogP contribution in [0.15, 0.2) is 21.8 Å². The largest absolute Gasteiger partial charge is 0.464 e. The number of H-pyrrole nitrogens is 1. The number of halogens is 8. The van der Waals surface area contributed by atoms with Gasteiger partial charge in [0.2, 0.25) is 0 Å². The molecule has 148 valence electrons. The zero-order chi connectivity index (χ0) is 20.7. The first-order chi connectivity index (χ1) is 12.3. The summed E-state index contributed by atoms with van der Waals surface area (Å²) in [6, 6.07) is 1.06. The van der Waals surface area contributed by atoms with Gasteiger partial charge in [-0.2, -0.15) is 17.6 Å². The topological polar surface area (TPSA) is 64.1 Å². The lowest BCUT2D eigenvalue weighted by atomic mass is 10.2. The Labute approximate surface area is 172 Å². The van der Waals surface area contributed by atoms with Gasteiger partial charge in [0.15, 0.2) is 5.69 Å². The number of thioether (sulfide) groups is 1. The Morgan fingerprint density at radius 3 is 2.11 bits per heavy atom. The van der Waals surface area contributed by atoms with Crippen LogP contribution in [0.3, 0.4) is 0 Å². The summed E-state index contributed by atoms with van der Waals surface area (Å²) in [5.74, 6) is -1.09. The van der Waals surface area contributed by atoms with Crippen LogP contribution in [0.2, 0.25) is 10.0 Å². The second-order valence-electron chi connectivity index (χ2n) is 4.78. The van der Waals surface area contributed by atoms with Crippen LogP contribution < -0.4 is 5.56 Å². The van der Waals surface area contributed by atoms with E-state index in [1.54, 1.807) is 0 Å². The number of nitrogens with zero attached hydrogens (tertiary/aromatic N) is 1. The molecule has 0 amide bonds. The number of ether oxygens (including phenoxy) is 1. The number of alkyl halides is 6. The third-order valence-corrected chi connectivity index (χ3v) is 4.88. The molecule has 1 aromatic heterocycles. The van der Waals surface area contributed by atoms with Gasteiger partial charge in [0.05, 0.1) is 22.7 Å². The highest BCUT2D eigenvalue weighted by atomic mass is 35.5. The number of esters is 1. The summed E-state index contributed by atoms with van der Waals surface area (Å²) in [5, 5.41) is 1.13. The molecule has 0 unspecified atom stereocenters. The predicted octanol–water partition coefficient (Wildman–Crippen LogP) is 5.43. The van der Waals surface area contributed by atoms with E-state index in [4.69, 9.17) is 46.4 Å². The van der Waals surface area contributed by atoms with Gasteiger partial charge < -0.3 is 4.74 Å². The Hall–Kier alpha value is -1.07. The average molecular weight is 488 g/mol.